The van der Waals surface area contributed by atoms with Gasteiger partial charge in [0, 0.05) is 28.8 Å². The second-order valence-corrected chi connectivity index (χ2v) is 4.30. The first kappa shape index (κ1) is 8.59. The van der Waals surface area contributed by atoms with Crippen molar-refractivity contribution < 1.29 is 1.37 Å². The van der Waals surface area contributed by atoms with Gasteiger partial charge in [0.25, 0.3) is 0 Å². The van der Waals surface area contributed by atoms with Gasteiger partial charge in [-0.3, -0.25) is 9.98 Å². The summed E-state index contributed by atoms with van der Waals surface area (Å²) in [6, 6.07) is 13.9. The molecule has 4 rings (SSSR count). The second-order valence-electron chi connectivity index (χ2n) is 4.30. The van der Waals surface area contributed by atoms with E-state index in [1.54, 1.807) is 6.21 Å². The van der Waals surface area contributed by atoms with Crippen LogP contribution in [0.1, 0.15) is 6.93 Å². The predicted octanol–water partition coefficient (Wildman–Crippen LogP) is 2.10. The Balaban J connectivity index is 2.18. The molecule has 2 aliphatic rings. The smallest absolute Gasteiger partial charge is 0.0847 e. The molecule has 0 amide bonds. The number of benzene rings is 2. The van der Waals surface area contributed by atoms with Crippen LogP contribution in [0.3, 0.4) is 0 Å². The minimum atomic E-state index is 0.329. The summed E-state index contributed by atoms with van der Waals surface area (Å²) in [5.74, 6) is 0. The van der Waals surface area contributed by atoms with E-state index in [4.69, 9.17) is 1.37 Å². The molecule has 0 radical (unpaired) electrons. The lowest BCUT2D eigenvalue weighted by Gasteiger charge is -2.00. The molecule has 0 saturated carbocycles. The Bertz CT molecular complexity index is 876. The van der Waals surface area contributed by atoms with Crippen molar-refractivity contribution in [1.82, 2.24) is 0 Å². The number of hydrogen-bond acceptors (Lipinski definition) is 2. The van der Waals surface area contributed by atoms with E-state index in [0.717, 1.165) is 32.9 Å². The molecule has 2 nitrogen and oxygen atoms in total. The number of hydrogen-bond donors (Lipinski definition) is 0. The van der Waals surface area contributed by atoms with Crippen LogP contribution < -0.4 is 10.4 Å². The quantitative estimate of drug-likeness (QED) is 0.663. The summed E-state index contributed by atoms with van der Waals surface area (Å²) in [6.45, 7) is 0. The number of rotatable bonds is 0. The average molecular weight is 231 g/mol. The summed E-state index contributed by atoms with van der Waals surface area (Å²) in [7, 11) is 0. The third kappa shape index (κ3) is 1.23. The minimum Gasteiger partial charge on any atom is -0.256 e. The molecule has 2 heterocycles. The summed E-state index contributed by atoms with van der Waals surface area (Å²) in [6.07, 6.45) is 4.12. The van der Waals surface area contributed by atoms with Crippen LogP contribution in [0.2, 0.25) is 0 Å². The Morgan fingerprint density at radius 2 is 1.78 bits per heavy atom. The Morgan fingerprint density at radius 1 is 0.889 bits per heavy atom. The Labute approximate surface area is 106 Å². The van der Waals surface area contributed by atoms with Crippen molar-refractivity contribution in [3.8, 4) is 0 Å². The maximum Gasteiger partial charge on any atom is 0.0847 e. The van der Waals surface area contributed by atoms with E-state index >= 15 is 0 Å². The molecule has 2 aromatic rings. The molecule has 0 atom stereocenters. The van der Waals surface area contributed by atoms with Gasteiger partial charge in [0.15, 0.2) is 0 Å². The average Bonchev–Trinajstić information content (AvgIpc) is 3.01. The lowest BCUT2D eigenvalue weighted by Crippen LogP contribution is -2.26. The van der Waals surface area contributed by atoms with Gasteiger partial charge in [0.2, 0.25) is 0 Å². The largest absolute Gasteiger partial charge is 0.256 e. The van der Waals surface area contributed by atoms with Crippen LogP contribution in [0.25, 0.3) is 11.6 Å². The highest BCUT2D eigenvalue weighted by Crippen LogP contribution is 2.28. The van der Waals surface area contributed by atoms with Gasteiger partial charge in [0.05, 0.1) is 12.7 Å². The molecule has 2 aromatic carbocycles. The predicted molar refractivity (Wildman–Crippen MR) is 75.4 cm³/mol. The first-order valence-corrected chi connectivity index (χ1v) is 5.87. The molecule has 0 unspecified atom stereocenters. The zero-order valence-electron chi connectivity index (χ0n) is 10.6. The lowest BCUT2D eigenvalue weighted by molar-refractivity contribution is 1.46. The van der Waals surface area contributed by atoms with Gasteiger partial charge in [-0.25, -0.2) is 0 Å². The maximum absolute atomic E-state index is 8.13. The molecule has 0 bridgehead atoms. The molecular weight excluding hydrogens is 220 g/mol. The van der Waals surface area contributed by atoms with Gasteiger partial charge in [-0.2, -0.15) is 0 Å². The van der Waals surface area contributed by atoms with Crippen LogP contribution in [0.4, 0.5) is 11.4 Å². The van der Waals surface area contributed by atoms with Gasteiger partial charge < -0.3 is 0 Å². The summed E-state index contributed by atoms with van der Waals surface area (Å²) in [5.41, 5.74) is 3.76. The van der Waals surface area contributed by atoms with Crippen molar-refractivity contribution in [3.05, 3.63) is 58.5 Å². The molecule has 18 heavy (non-hydrogen) atoms. The van der Waals surface area contributed by atoms with Crippen molar-refractivity contribution >= 4 is 35.4 Å². The van der Waals surface area contributed by atoms with Crippen molar-refractivity contribution in [2.24, 2.45) is 9.98 Å². The highest BCUT2D eigenvalue weighted by Gasteiger charge is 2.12. The SMILES string of the molecule is [2H]C1=Nc2ccccc2C1=c1cccc2c1=CC=N2. The third-order valence-electron chi connectivity index (χ3n) is 3.27. The molecule has 2 heteroatoms. The van der Waals surface area contributed by atoms with Crippen molar-refractivity contribution in [2.75, 3.05) is 0 Å². The molecular formula is C16H10N2. The van der Waals surface area contributed by atoms with E-state index in [-0.39, 0.29) is 0 Å². The standard InChI is InChI=1S/C16H10N2/c1-2-6-16-12(4-1)14(10-18-16)11-5-3-7-15-13(11)8-9-17-15/h1-10H/i10D. The molecule has 84 valence electrons. The van der Waals surface area contributed by atoms with Crippen molar-refractivity contribution in [3.63, 3.8) is 0 Å². The number of para-hydroxylation sites is 1. The highest BCUT2D eigenvalue weighted by molar-refractivity contribution is 6.16. The molecule has 0 aliphatic carbocycles. The lowest BCUT2D eigenvalue weighted by atomic mass is 10.0. The van der Waals surface area contributed by atoms with Gasteiger partial charge in [-0.15, -0.1) is 0 Å². The van der Waals surface area contributed by atoms with E-state index in [2.05, 4.69) is 9.98 Å². The van der Waals surface area contributed by atoms with Gasteiger partial charge in [0.1, 0.15) is 0 Å². The molecule has 0 fully saturated rings. The molecule has 0 saturated heterocycles. The molecule has 2 aliphatic heterocycles. The molecule has 0 N–H and O–H groups in total. The Hall–Kier alpha value is -2.48. The first-order chi connectivity index (χ1) is 9.34. The van der Waals surface area contributed by atoms with Crippen LogP contribution in [0.15, 0.2) is 52.4 Å². The number of aliphatic imine (C=N–C) groups is 2. The van der Waals surface area contributed by atoms with E-state index in [1.807, 2.05) is 48.5 Å². The van der Waals surface area contributed by atoms with Crippen LogP contribution in [-0.2, 0) is 0 Å². The van der Waals surface area contributed by atoms with E-state index < -0.39 is 0 Å². The summed E-state index contributed by atoms with van der Waals surface area (Å²) < 4.78 is 8.13. The number of fused-ring (bicyclic) bond motifs is 2. The number of nitrogens with zero attached hydrogens (tertiary/aromatic N) is 2. The second kappa shape index (κ2) is 3.50. The highest BCUT2D eigenvalue weighted by atomic mass is 14.8. The maximum atomic E-state index is 8.13. The van der Waals surface area contributed by atoms with Gasteiger partial charge in [-0.1, -0.05) is 30.3 Å². The zero-order chi connectivity index (χ0) is 12.8. The van der Waals surface area contributed by atoms with Gasteiger partial charge in [-0.05, 0) is 23.4 Å². The zero-order valence-corrected chi connectivity index (χ0v) is 9.59. The van der Waals surface area contributed by atoms with Gasteiger partial charge >= 0.3 is 0 Å². The fourth-order valence-electron chi connectivity index (χ4n) is 2.42. The first-order valence-electron chi connectivity index (χ1n) is 6.37. The van der Waals surface area contributed by atoms with Crippen LogP contribution >= 0.6 is 0 Å². The fraction of sp³-hybridized carbons (Fsp3) is 0. The van der Waals surface area contributed by atoms with E-state index in [9.17, 15) is 0 Å². The van der Waals surface area contributed by atoms with Crippen LogP contribution in [0.5, 0.6) is 0 Å². The van der Waals surface area contributed by atoms with Crippen LogP contribution in [0, 0.1) is 0 Å². The Morgan fingerprint density at radius 3 is 2.78 bits per heavy atom. The molecule has 0 aromatic heterocycles. The van der Waals surface area contributed by atoms with Crippen molar-refractivity contribution in [1.29, 1.82) is 0 Å². The summed E-state index contributed by atoms with van der Waals surface area (Å²) in [5, 5.41) is 2.11. The fourth-order valence-corrected chi connectivity index (χ4v) is 2.42. The molecule has 0 spiro atoms. The van der Waals surface area contributed by atoms with E-state index in [1.165, 1.54) is 0 Å². The summed E-state index contributed by atoms with van der Waals surface area (Å²) in [4.78, 5) is 8.64. The third-order valence-corrected chi connectivity index (χ3v) is 3.27. The van der Waals surface area contributed by atoms with E-state index in [0.29, 0.717) is 6.19 Å². The minimum absolute atomic E-state index is 0.329. The topological polar surface area (TPSA) is 24.7 Å². The monoisotopic (exact) mass is 231 g/mol. The summed E-state index contributed by atoms with van der Waals surface area (Å²) >= 11 is 0. The van der Waals surface area contributed by atoms with Crippen molar-refractivity contribution in [2.45, 2.75) is 0 Å². The Kier molecular flexibility index (Phi) is 1.67. The normalized spacial score (nSPS) is 18.9. The van der Waals surface area contributed by atoms with Crippen LogP contribution in [-0.4, -0.2) is 12.4 Å².